The van der Waals surface area contributed by atoms with Gasteiger partial charge in [-0.25, -0.2) is 13.4 Å². The van der Waals surface area contributed by atoms with Crippen molar-refractivity contribution in [3.05, 3.63) is 40.9 Å². The summed E-state index contributed by atoms with van der Waals surface area (Å²) in [7, 11) is -0.876. The van der Waals surface area contributed by atoms with E-state index in [4.69, 9.17) is 9.47 Å². The molecule has 0 bridgehead atoms. The molecule has 1 N–H and O–H groups in total. The van der Waals surface area contributed by atoms with Crippen molar-refractivity contribution in [2.75, 3.05) is 18.9 Å². The molecule has 0 fully saturated rings. The molecule has 3 aromatic rings. The minimum Gasteiger partial charge on any atom is -0.495 e. The number of methoxy groups -OCH3 is 2. The Balaban J connectivity index is 2.03. The van der Waals surface area contributed by atoms with Crippen molar-refractivity contribution in [3.63, 3.8) is 0 Å². The molecule has 0 aliphatic heterocycles. The molecule has 1 aromatic heterocycles. The first-order chi connectivity index (χ1) is 11.4. The fraction of sp³-hybridized carbons (Fsp3) is 0.133. The Kier molecular flexibility index (Phi) is 4.66. The summed E-state index contributed by atoms with van der Waals surface area (Å²) >= 11 is 4.51. The molecular weight excluding hydrogens is 416 g/mol. The summed E-state index contributed by atoms with van der Waals surface area (Å²) in [6.07, 6.45) is 0. The third-order valence-corrected chi connectivity index (χ3v) is 6.16. The Labute approximate surface area is 151 Å². The van der Waals surface area contributed by atoms with Crippen LogP contribution in [0.3, 0.4) is 0 Å². The molecule has 9 heteroatoms. The number of halogens is 1. The summed E-state index contributed by atoms with van der Waals surface area (Å²) in [5.74, 6) is 0.846. The van der Waals surface area contributed by atoms with Crippen molar-refractivity contribution in [3.8, 4) is 11.5 Å². The first kappa shape index (κ1) is 17.0. The molecule has 0 radical (unpaired) electrons. The Morgan fingerprint density at radius 3 is 2.58 bits per heavy atom. The van der Waals surface area contributed by atoms with Crippen LogP contribution in [-0.2, 0) is 10.0 Å². The van der Waals surface area contributed by atoms with E-state index in [1.54, 1.807) is 25.3 Å². The molecule has 0 spiro atoms. The monoisotopic (exact) mass is 428 g/mol. The van der Waals surface area contributed by atoms with Crippen molar-refractivity contribution in [2.45, 2.75) is 4.90 Å². The zero-order valence-corrected chi connectivity index (χ0v) is 16.0. The fourth-order valence-corrected chi connectivity index (χ4v) is 4.99. The standard InChI is InChI=1S/C15H13BrN2O4S2/c1-21-10-7-6-9(16)8-13(10)24(19,20)18-15-17-14-11(22-2)4-3-5-12(14)23-15/h3-8H,1-2H3,(H,17,18). The maximum Gasteiger partial charge on any atom is 0.267 e. The van der Waals surface area contributed by atoms with Crippen LogP contribution in [0.25, 0.3) is 10.2 Å². The zero-order chi connectivity index (χ0) is 17.3. The molecule has 3 rings (SSSR count). The van der Waals surface area contributed by atoms with Gasteiger partial charge in [-0.05, 0) is 30.3 Å². The summed E-state index contributed by atoms with van der Waals surface area (Å²) in [4.78, 5) is 4.36. The first-order valence-corrected chi connectivity index (χ1v) is 9.84. The van der Waals surface area contributed by atoms with E-state index in [-0.39, 0.29) is 15.8 Å². The zero-order valence-electron chi connectivity index (χ0n) is 12.7. The molecule has 6 nitrogen and oxygen atoms in total. The van der Waals surface area contributed by atoms with Gasteiger partial charge in [0.1, 0.15) is 21.9 Å². The summed E-state index contributed by atoms with van der Waals surface area (Å²) in [6, 6.07) is 10.2. The summed E-state index contributed by atoms with van der Waals surface area (Å²) < 4.78 is 39.7. The number of thiazole rings is 1. The number of hydrogen-bond donors (Lipinski definition) is 1. The number of sulfonamides is 1. The lowest BCUT2D eigenvalue weighted by atomic mass is 10.3. The van der Waals surface area contributed by atoms with E-state index in [9.17, 15) is 8.42 Å². The molecule has 0 atom stereocenters. The second-order valence-corrected chi connectivity index (χ2v) is 8.32. The van der Waals surface area contributed by atoms with Gasteiger partial charge >= 0.3 is 0 Å². The van der Waals surface area contributed by atoms with Gasteiger partial charge in [-0.2, -0.15) is 0 Å². The number of nitrogens with zero attached hydrogens (tertiary/aromatic N) is 1. The number of para-hydroxylation sites is 1. The van der Waals surface area contributed by atoms with Crippen LogP contribution in [0, 0.1) is 0 Å². The predicted octanol–water partition coefficient (Wildman–Crippen LogP) is 3.88. The number of fused-ring (bicyclic) bond motifs is 1. The normalized spacial score (nSPS) is 11.5. The van der Waals surface area contributed by atoms with Crippen molar-refractivity contribution < 1.29 is 17.9 Å². The van der Waals surface area contributed by atoms with E-state index in [0.29, 0.717) is 15.7 Å². The molecule has 126 valence electrons. The summed E-state index contributed by atoms with van der Waals surface area (Å²) in [5, 5.41) is 0.261. The lowest BCUT2D eigenvalue weighted by Crippen LogP contribution is -2.14. The van der Waals surface area contributed by atoms with Gasteiger partial charge in [0.05, 0.1) is 18.9 Å². The quantitative estimate of drug-likeness (QED) is 0.666. The summed E-state index contributed by atoms with van der Waals surface area (Å²) in [5.41, 5.74) is 0.615. The number of nitrogens with one attached hydrogen (secondary N) is 1. The van der Waals surface area contributed by atoms with E-state index < -0.39 is 10.0 Å². The molecule has 0 saturated heterocycles. The fourth-order valence-electron chi connectivity index (χ4n) is 2.16. The second kappa shape index (κ2) is 6.58. The van der Waals surface area contributed by atoms with Gasteiger partial charge < -0.3 is 9.47 Å². The Hall–Kier alpha value is -1.84. The van der Waals surface area contributed by atoms with E-state index in [1.807, 2.05) is 12.1 Å². The van der Waals surface area contributed by atoms with Crippen LogP contribution in [0.1, 0.15) is 0 Å². The Morgan fingerprint density at radius 2 is 1.88 bits per heavy atom. The number of aromatic nitrogens is 1. The molecule has 0 unspecified atom stereocenters. The molecule has 0 amide bonds. The number of ether oxygens (including phenoxy) is 2. The van der Waals surface area contributed by atoms with Crippen LogP contribution >= 0.6 is 27.3 Å². The molecule has 0 aliphatic rings. The van der Waals surface area contributed by atoms with Crippen molar-refractivity contribution in [1.82, 2.24) is 4.98 Å². The number of anilines is 1. The minimum atomic E-state index is -3.84. The van der Waals surface area contributed by atoms with Crippen molar-refractivity contribution in [2.24, 2.45) is 0 Å². The number of hydrogen-bond acceptors (Lipinski definition) is 6. The highest BCUT2D eigenvalue weighted by atomic mass is 79.9. The van der Waals surface area contributed by atoms with Crippen LogP contribution < -0.4 is 14.2 Å². The van der Waals surface area contributed by atoms with Crippen LogP contribution in [0.5, 0.6) is 11.5 Å². The van der Waals surface area contributed by atoms with Crippen molar-refractivity contribution in [1.29, 1.82) is 0 Å². The number of rotatable bonds is 5. The number of benzene rings is 2. The minimum absolute atomic E-state index is 0.0330. The first-order valence-electron chi connectivity index (χ1n) is 6.74. The van der Waals surface area contributed by atoms with E-state index in [0.717, 1.165) is 4.70 Å². The molecule has 2 aromatic carbocycles. The van der Waals surface area contributed by atoms with Crippen LogP contribution in [0.2, 0.25) is 0 Å². The predicted molar refractivity (Wildman–Crippen MR) is 97.7 cm³/mol. The third-order valence-electron chi connectivity index (χ3n) is 3.24. The Bertz CT molecular complexity index is 1000. The molecular formula is C15H13BrN2O4S2. The highest BCUT2D eigenvalue weighted by Gasteiger charge is 2.22. The van der Waals surface area contributed by atoms with Gasteiger partial charge in [0.15, 0.2) is 5.13 Å². The highest BCUT2D eigenvalue weighted by molar-refractivity contribution is 9.10. The van der Waals surface area contributed by atoms with E-state index in [1.165, 1.54) is 24.5 Å². The lowest BCUT2D eigenvalue weighted by molar-refractivity contribution is 0.403. The summed E-state index contributed by atoms with van der Waals surface area (Å²) in [6.45, 7) is 0. The highest BCUT2D eigenvalue weighted by Crippen LogP contribution is 2.34. The maximum absolute atomic E-state index is 12.7. The van der Waals surface area contributed by atoms with Crippen LogP contribution in [0.4, 0.5) is 5.13 Å². The Morgan fingerprint density at radius 1 is 1.12 bits per heavy atom. The molecule has 1 heterocycles. The van der Waals surface area contributed by atoms with Gasteiger partial charge in [0.2, 0.25) is 0 Å². The van der Waals surface area contributed by atoms with E-state index in [2.05, 4.69) is 25.6 Å². The van der Waals surface area contributed by atoms with Gasteiger partial charge in [-0.3, -0.25) is 4.72 Å². The molecule has 0 saturated carbocycles. The average Bonchev–Trinajstić information content (AvgIpc) is 2.96. The third kappa shape index (κ3) is 3.19. The van der Waals surface area contributed by atoms with Gasteiger partial charge in [-0.15, -0.1) is 0 Å². The van der Waals surface area contributed by atoms with Gasteiger partial charge in [-0.1, -0.05) is 33.3 Å². The van der Waals surface area contributed by atoms with Crippen LogP contribution in [0.15, 0.2) is 45.8 Å². The largest absolute Gasteiger partial charge is 0.495 e. The average molecular weight is 429 g/mol. The lowest BCUT2D eigenvalue weighted by Gasteiger charge is -2.10. The topological polar surface area (TPSA) is 77.5 Å². The molecule has 0 aliphatic carbocycles. The van der Waals surface area contributed by atoms with Gasteiger partial charge in [0, 0.05) is 4.47 Å². The van der Waals surface area contributed by atoms with E-state index >= 15 is 0 Å². The second-order valence-electron chi connectivity index (χ2n) is 4.73. The van der Waals surface area contributed by atoms with Crippen molar-refractivity contribution >= 4 is 52.6 Å². The molecule has 24 heavy (non-hydrogen) atoms. The maximum atomic E-state index is 12.7. The van der Waals surface area contributed by atoms with Crippen LogP contribution in [-0.4, -0.2) is 27.6 Å². The smallest absolute Gasteiger partial charge is 0.267 e. The van der Waals surface area contributed by atoms with Gasteiger partial charge in [0.25, 0.3) is 10.0 Å². The SMILES string of the molecule is COc1ccc(Br)cc1S(=O)(=O)Nc1nc2c(OC)cccc2s1.